The highest BCUT2D eigenvalue weighted by atomic mass is 16.2. The minimum atomic E-state index is 0.193. The van der Waals surface area contributed by atoms with Crippen LogP contribution in [0.3, 0.4) is 0 Å². The average Bonchev–Trinajstić information content (AvgIpc) is 2.47. The van der Waals surface area contributed by atoms with Crippen molar-refractivity contribution in [2.45, 2.75) is 57.5 Å². The fourth-order valence-corrected chi connectivity index (χ4v) is 2.48. The first kappa shape index (κ1) is 9.00. The Kier molecular flexibility index (Phi) is 2.54. The van der Waals surface area contributed by atoms with E-state index in [1.165, 1.54) is 32.1 Å². The highest BCUT2D eigenvalue weighted by molar-refractivity contribution is 5.77. The highest BCUT2D eigenvalue weighted by Gasteiger charge is 2.32. The number of rotatable bonds is 1. The van der Waals surface area contributed by atoms with Gasteiger partial charge in [0.25, 0.3) is 0 Å². The van der Waals surface area contributed by atoms with Crippen LogP contribution < -0.4 is 5.43 Å². The lowest BCUT2D eigenvalue weighted by Crippen LogP contribution is -2.46. The fourth-order valence-electron chi connectivity index (χ4n) is 2.48. The van der Waals surface area contributed by atoms with E-state index in [2.05, 4.69) is 17.4 Å². The van der Waals surface area contributed by atoms with E-state index in [9.17, 15) is 4.79 Å². The predicted octanol–water partition coefficient (Wildman–Crippen LogP) is 1.44. The smallest absolute Gasteiger partial charge is 0.235 e. The summed E-state index contributed by atoms with van der Waals surface area (Å²) in [4.78, 5) is 11.2. The molecule has 3 heteroatoms. The molecule has 74 valence electrons. The molecule has 1 aliphatic carbocycles. The third-order valence-corrected chi connectivity index (χ3v) is 3.18. The quantitative estimate of drug-likeness (QED) is 0.665. The molecule has 2 fully saturated rings. The molecule has 1 atom stereocenters. The minimum Gasteiger partial charge on any atom is -0.288 e. The number of carbonyl (C=O) groups excluding carboxylic acids is 1. The first-order chi connectivity index (χ1) is 6.27. The van der Waals surface area contributed by atoms with Crippen molar-refractivity contribution in [2.75, 3.05) is 0 Å². The molecule has 0 bridgehead atoms. The van der Waals surface area contributed by atoms with Gasteiger partial charge in [0.2, 0.25) is 5.91 Å². The summed E-state index contributed by atoms with van der Waals surface area (Å²) in [5.41, 5.74) is 2.97. The van der Waals surface area contributed by atoms with Crippen LogP contribution in [0.4, 0.5) is 0 Å². The summed E-state index contributed by atoms with van der Waals surface area (Å²) in [7, 11) is 0. The summed E-state index contributed by atoms with van der Waals surface area (Å²) in [5.74, 6) is 0.193. The third-order valence-electron chi connectivity index (χ3n) is 3.18. The Morgan fingerprint density at radius 2 is 2.00 bits per heavy atom. The molecule has 1 amide bonds. The lowest BCUT2D eigenvalue weighted by Gasteiger charge is -2.33. The molecule has 1 unspecified atom stereocenters. The molecule has 13 heavy (non-hydrogen) atoms. The summed E-state index contributed by atoms with van der Waals surface area (Å²) in [6.07, 6.45) is 7.20. The van der Waals surface area contributed by atoms with E-state index < -0.39 is 0 Å². The summed E-state index contributed by atoms with van der Waals surface area (Å²) in [5, 5.41) is 2.18. The van der Waals surface area contributed by atoms with E-state index in [0.29, 0.717) is 18.5 Å². The van der Waals surface area contributed by atoms with Crippen LogP contribution in [-0.4, -0.2) is 23.0 Å². The molecule has 1 saturated heterocycles. The minimum absolute atomic E-state index is 0.193. The van der Waals surface area contributed by atoms with Crippen LogP contribution in [0.15, 0.2) is 0 Å². The summed E-state index contributed by atoms with van der Waals surface area (Å²) in [6.45, 7) is 2.13. The summed E-state index contributed by atoms with van der Waals surface area (Å²) in [6, 6.07) is 1.01. The first-order valence-electron chi connectivity index (χ1n) is 5.35. The van der Waals surface area contributed by atoms with Gasteiger partial charge in [0.1, 0.15) is 0 Å². The van der Waals surface area contributed by atoms with Crippen molar-refractivity contribution < 1.29 is 4.79 Å². The van der Waals surface area contributed by atoms with Gasteiger partial charge < -0.3 is 0 Å². The molecule has 0 spiro atoms. The molecule has 1 N–H and O–H groups in total. The molecule has 0 aromatic heterocycles. The van der Waals surface area contributed by atoms with E-state index in [1.807, 2.05) is 0 Å². The normalized spacial score (nSPS) is 32.1. The number of carbonyl (C=O) groups is 1. The molecule has 0 aromatic rings. The second kappa shape index (κ2) is 3.66. The predicted molar refractivity (Wildman–Crippen MR) is 50.9 cm³/mol. The number of nitrogens with one attached hydrogen (secondary N) is 1. The maximum Gasteiger partial charge on any atom is 0.235 e. The van der Waals surface area contributed by atoms with Crippen molar-refractivity contribution in [3.63, 3.8) is 0 Å². The Hall–Kier alpha value is -0.570. The Morgan fingerprint density at radius 3 is 2.54 bits per heavy atom. The lowest BCUT2D eigenvalue weighted by atomic mass is 9.94. The molecule has 2 rings (SSSR count). The zero-order chi connectivity index (χ0) is 9.26. The van der Waals surface area contributed by atoms with Crippen LogP contribution in [0.1, 0.15) is 45.4 Å². The van der Waals surface area contributed by atoms with Crippen LogP contribution in [0.2, 0.25) is 0 Å². The van der Waals surface area contributed by atoms with Gasteiger partial charge in [0.15, 0.2) is 0 Å². The van der Waals surface area contributed by atoms with Crippen LogP contribution >= 0.6 is 0 Å². The molecule has 3 nitrogen and oxygen atoms in total. The zero-order valence-corrected chi connectivity index (χ0v) is 8.25. The summed E-state index contributed by atoms with van der Waals surface area (Å²) >= 11 is 0. The van der Waals surface area contributed by atoms with Crippen molar-refractivity contribution in [3.05, 3.63) is 0 Å². The van der Waals surface area contributed by atoms with Gasteiger partial charge in [0, 0.05) is 18.5 Å². The highest BCUT2D eigenvalue weighted by Crippen LogP contribution is 2.25. The van der Waals surface area contributed by atoms with Gasteiger partial charge in [-0.2, -0.15) is 0 Å². The van der Waals surface area contributed by atoms with Gasteiger partial charge in [-0.25, -0.2) is 5.01 Å². The second-order valence-electron chi connectivity index (χ2n) is 4.29. The number of hydrogen-bond donors (Lipinski definition) is 1. The van der Waals surface area contributed by atoms with Gasteiger partial charge in [-0.15, -0.1) is 0 Å². The number of hydrazine groups is 1. The Labute approximate surface area is 79.5 Å². The van der Waals surface area contributed by atoms with Crippen LogP contribution in [0, 0.1) is 0 Å². The Morgan fingerprint density at radius 1 is 1.31 bits per heavy atom. The topological polar surface area (TPSA) is 32.3 Å². The van der Waals surface area contributed by atoms with E-state index in [1.54, 1.807) is 0 Å². The van der Waals surface area contributed by atoms with Gasteiger partial charge in [0.05, 0.1) is 0 Å². The maximum atomic E-state index is 11.2. The molecular formula is C10H18N2O. The molecule has 2 aliphatic rings. The van der Waals surface area contributed by atoms with E-state index in [4.69, 9.17) is 0 Å². The standard InChI is InChI=1S/C10H18N2O/c1-8-7-10(13)11-12(8)9-5-3-2-4-6-9/h8-9H,2-7H2,1H3,(H,11,13). The number of hydrogen-bond acceptors (Lipinski definition) is 2. The van der Waals surface area contributed by atoms with E-state index in [-0.39, 0.29) is 5.91 Å². The molecule has 1 heterocycles. The van der Waals surface area contributed by atoms with Crippen molar-refractivity contribution >= 4 is 5.91 Å². The molecule has 0 radical (unpaired) electrons. The van der Waals surface area contributed by atoms with E-state index >= 15 is 0 Å². The summed E-state index contributed by atoms with van der Waals surface area (Å²) < 4.78 is 0. The van der Waals surface area contributed by atoms with Gasteiger partial charge >= 0.3 is 0 Å². The van der Waals surface area contributed by atoms with Crippen LogP contribution in [0.25, 0.3) is 0 Å². The number of amides is 1. The molecular weight excluding hydrogens is 164 g/mol. The zero-order valence-electron chi connectivity index (χ0n) is 8.25. The van der Waals surface area contributed by atoms with Crippen molar-refractivity contribution in [3.8, 4) is 0 Å². The van der Waals surface area contributed by atoms with Crippen LogP contribution in [0.5, 0.6) is 0 Å². The molecule has 0 aromatic carbocycles. The Balaban J connectivity index is 1.95. The van der Waals surface area contributed by atoms with Crippen molar-refractivity contribution in [1.29, 1.82) is 0 Å². The van der Waals surface area contributed by atoms with Crippen molar-refractivity contribution in [1.82, 2.24) is 10.4 Å². The largest absolute Gasteiger partial charge is 0.288 e. The Bertz CT molecular complexity index is 199. The first-order valence-corrected chi connectivity index (χ1v) is 5.35. The van der Waals surface area contributed by atoms with Crippen LogP contribution in [-0.2, 0) is 4.79 Å². The van der Waals surface area contributed by atoms with Gasteiger partial charge in [-0.3, -0.25) is 10.2 Å². The van der Waals surface area contributed by atoms with Crippen molar-refractivity contribution in [2.24, 2.45) is 0 Å². The number of nitrogens with zero attached hydrogens (tertiary/aromatic N) is 1. The second-order valence-corrected chi connectivity index (χ2v) is 4.29. The van der Waals surface area contributed by atoms with E-state index in [0.717, 1.165) is 0 Å². The lowest BCUT2D eigenvalue weighted by molar-refractivity contribution is -0.121. The monoisotopic (exact) mass is 182 g/mol. The molecule has 1 aliphatic heterocycles. The molecule has 1 saturated carbocycles. The van der Waals surface area contributed by atoms with Gasteiger partial charge in [-0.1, -0.05) is 19.3 Å². The SMILES string of the molecule is CC1CC(=O)NN1C1CCCCC1. The maximum absolute atomic E-state index is 11.2. The third kappa shape index (κ3) is 1.85. The average molecular weight is 182 g/mol. The van der Waals surface area contributed by atoms with Gasteiger partial charge in [-0.05, 0) is 19.8 Å². The fraction of sp³-hybridized carbons (Fsp3) is 0.900.